The van der Waals surface area contributed by atoms with Crippen LogP contribution in [0.15, 0.2) is 18.2 Å². The van der Waals surface area contributed by atoms with Crippen LogP contribution in [0.25, 0.3) is 0 Å². The van der Waals surface area contributed by atoms with E-state index >= 15 is 0 Å². The van der Waals surface area contributed by atoms with Gasteiger partial charge in [-0.1, -0.05) is 13.0 Å². The average Bonchev–Trinajstić information content (AvgIpc) is 2.22. The molecule has 0 fully saturated rings. The largest absolute Gasteiger partial charge is 0.330 e. The Kier molecular flexibility index (Phi) is 3.80. The summed E-state index contributed by atoms with van der Waals surface area (Å²) in [7, 11) is 0. The maximum atomic E-state index is 13.3. The predicted molar refractivity (Wildman–Crippen MR) is 58.0 cm³/mol. The molecule has 3 nitrogen and oxygen atoms in total. The van der Waals surface area contributed by atoms with Crippen molar-refractivity contribution < 1.29 is 9.18 Å². The second-order valence-corrected chi connectivity index (χ2v) is 3.61. The lowest BCUT2D eigenvalue weighted by atomic mass is 10.1. The number of amides is 1. The van der Waals surface area contributed by atoms with Gasteiger partial charge in [0, 0.05) is 12.5 Å². The number of carbonyl (C=O) groups excluding carboxylic acids is 1. The molecule has 1 amide bonds. The van der Waals surface area contributed by atoms with Crippen LogP contribution in [-0.2, 0) is 4.79 Å². The summed E-state index contributed by atoms with van der Waals surface area (Å²) in [5.74, 6) is -1.01. The van der Waals surface area contributed by atoms with E-state index in [0.717, 1.165) is 5.56 Å². The first kappa shape index (κ1) is 11.7. The van der Waals surface area contributed by atoms with E-state index in [0.29, 0.717) is 0 Å². The van der Waals surface area contributed by atoms with E-state index in [-0.39, 0.29) is 24.1 Å². The number of anilines is 1. The second kappa shape index (κ2) is 4.89. The highest BCUT2D eigenvalue weighted by Gasteiger charge is 2.12. The summed E-state index contributed by atoms with van der Waals surface area (Å²) < 4.78 is 13.3. The molecule has 0 spiro atoms. The third-order valence-electron chi connectivity index (χ3n) is 2.18. The van der Waals surface area contributed by atoms with Crippen LogP contribution in [0.5, 0.6) is 0 Å². The van der Waals surface area contributed by atoms with E-state index in [4.69, 9.17) is 5.73 Å². The Labute approximate surface area is 88.5 Å². The zero-order valence-corrected chi connectivity index (χ0v) is 8.88. The first-order valence-electron chi connectivity index (χ1n) is 4.81. The van der Waals surface area contributed by atoms with Crippen molar-refractivity contribution in [2.45, 2.75) is 13.8 Å². The van der Waals surface area contributed by atoms with Crippen molar-refractivity contribution >= 4 is 11.6 Å². The lowest BCUT2D eigenvalue weighted by Crippen LogP contribution is -2.27. The van der Waals surface area contributed by atoms with Gasteiger partial charge in [-0.3, -0.25) is 4.79 Å². The molecule has 1 atom stereocenters. The van der Waals surface area contributed by atoms with Gasteiger partial charge in [0.1, 0.15) is 5.82 Å². The standard InChI is InChI=1S/C11H15FN2O/c1-7-3-4-9(12)10(5-7)14-11(15)8(2)6-13/h3-5,8H,6,13H2,1-2H3,(H,14,15). The van der Waals surface area contributed by atoms with Gasteiger partial charge in [-0.2, -0.15) is 0 Å². The summed E-state index contributed by atoms with van der Waals surface area (Å²) >= 11 is 0. The minimum atomic E-state index is -0.432. The smallest absolute Gasteiger partial charge is 0.228 e. The maximum absolute atomic E-state index is 13.3. The van der Waals surface area contributed by atoms with Crippen molar-refractivity contribution in [3.63, 3.8) is 0 Å². The van der Waals surface area contributed by atoms with E-state index in [2.05, 4.69) is 5.32 Å². The molecule has 0 aliphatic carbocycles. The molecule has 0 saturated carbocycles. The Bertz CT molecular complexity index is 366. The van der Waals surface area contributed by atoms with Gasteiger partial charge in [0.05, 0.1) is 5.69 Å². The van der Waals surface area contributed by atoms with Crippen LogP contribution in [0.1, 0.15) is 12.5 Å². The van der Waals surface area contributed by atoms with Crippen molar-refractivity contribution in [3.8, 4) is 0 Å². The molecule has 1 rings (SSSR count). The summed E-state index contributed by atoms with van der Waals surface area (Å²) in [6, 6.07) is 4.58. The molecule has 0 radical (unpaired) electrons. The second-order valence-electron chi connectivity index (χ2n) is 3.61. The molecule has 0 aromatic heterocycles. The third-order valence-corrected chi connectivity index (χ3v) is 2.18. The number of hydrogen-bond acceptors (Lipinski definition) is 2. The molecule has 82 valence electrons. The minimum Gasteiger partial charge on any atom is -0.330 e. The number of aryl methyl sites for hydroxylation is 1. The fourth-order valence-electron chi connectivity index (χ4n) is 1.10. The van der Waals surface area contributed by atoms with Gasteiger partial charge in [0.25, 0.3) is 0 Å². The quantitative estimate of drug-likeness (QED) is 0.797. The van der Waals surface area contributed by atoms with Crippen molar-refractivity contribution in [3.05, 3.63) is 29.6 Å². The van der Waals surface area contributed by atoms with Crippen LogP contribution < -0.4 is 11.1 Å². The Morgan fingerprint density at radius 2 is 2.27 bits per heavy atom. The lowest BCUT2D eigenvalue weighted by Gasteiger charge is -2.10. The highest BCUT2D eigenvalue weighted by molar-refractivity contribution is 5.92. The van der Waals surface area contributed by atoms with Crippen molar-refractivity contribution in [2.24, 2.45) is 11.7 Å². The van der Waals surface area contributed by atoms with E-state index in [1.54, 1.807) is 19.1 Å². The van der Waals surface area contributed by atoms with Crippen molar-refractivity contribution in [2.75, 3.05) is 11.9 Å². The molecular formula is C11H15FN2O. The zero-order chi connectivity index (χ0) is 11.4. The summed E-state index contributed by atoms with van der Waals surface area (Å²) in [6.45, 7) is 3.78. The molecule has 3 N–H and O–H groups in total. The van der Waals surface area contributed by atoms with Crippen LogP contribution in [0.4, 0.5) is 10.1 Å². The SMILES string of the molecule is Cc1ccc(F)c(NC(=O)C(C)CN)c1. The Morgan fingerprint density at radius 1 is 1.60 bits per heavy atom. The van der Waals surface area contributed by atoms with Gasteiger partial charge in [-0.15, -0.1) is 0 Å². The summed E-state index contributed by atoms with van der Waals surface area (Å²) in [4.78, 5) is 11.4. The van der Waals surface area contributed by atoms with E-state index < -0.39 is 5.82 Å². The van der Waals surface area contributed by atoms with Crippen LogP contribution in [0.2, 0.25) is 0 Å². The Morgan fingerprint density at radius 3 is 2.87 bits per heavy atom. The molecule has 1 aromatic carbocycles. The van der Waals surface area contributed by atoms with E-state index in [1.165, 1.54) is 6.07 Å². The van der Waals surface area contributed by atoms with Gasteiger partial charge in [-0.25, -0.2) is 4.39 Å². The molecule has 0 bridgehead atoms. The average molecular weight is 210 g/mol. The molecule has 1 unspecified atom stereocenters. The zero-order valence-electron chi connectivity index (χ0n) is 8.88. The highest BCUT2D eigenvalue weighted by atomic mass is 19.1. The predicted octanol–water partition coefficient (Wildman–Crippen LogP) is 1.67. The van der Waals surface area contributed by atoms with Gasteiger partial charge < -0.3 is 11.1 Å². The van der Waals surface area contributed by atoms with E-state index in [9.17, 15) is 9.18 Å². The number of benzene rings is 1. The molecule has 1 aromatic rings. The number of halogens is 1. The number of nitrogens with two attached hydrogens (primary N) is 1. The first-order valence-corrected chi connectivity index (χ1v) is 4.81. The van der Waals surface area contributed by atoms with Gasteiger partial charge in [0.2, 0.25) is 5.91 Å². The van der Waals surface area contributed by atoms with Crippen molar-refractivity contribution in [1.29, 1.82) is 0 Å². The highest BCUT2D eigenvalue weighted by Crippen LogP contribution is 2.16. The topological polar surface area (TPSA) is 55.1 Å². The van der Waals surface area contributed by atoms with Crippen LogP contribution in [0.3, 0.4) is 0 Å². The number of carbonyl (C=O) groups is 1. The normalized spacial score (nSPS) is 12.3. The van der Waals surface area contributed by atoms with Crippen LogP contribution in [-0.4, -0.2) is 12.5 Å². The number of nitrogens with one attached hydrogen (secondary N) is 1. The molecule has 0 aliphatic heterocycles. The third kappa shape index (κ3) is 3.02. The summed E-state index contributed by atoms with van der Waals surface area (Å²) in [5.41, 5.74) is 6.44. The monoisotopic (exact) mass is 210 g/mol. The Hall–Kier alpha value is -1.42. The fourth-order valence-corrected chi connectivity index (χ4v) is 1.10. The van der Waals surface area contributed by atoms with E-state index in [1.807, 2.05) is 6.92 Å². The van der Waals surface area contributed by atoms with Gasteiger partial charge in [0.15, 0.2) is 0 Å². The van der Waals surface area contributed by atoms with Crippen LogP contribution in [0, 0.1) is 18.7 Å². The van der Waals surface area contributed by atoms with Gasteiger partial charge >= 0.3 is 0 Å². The maximum Gasteiger partial charge on any atom is 0.228 e. The molecule has 0 aliphatic rings. The molecule has 4 heteroatoms. The molecule has 0 heterocycles. The lowest BCUT2D eigenvalue weighted by molar-refractivity contribution is -0.119. The Balaban J connectivity index is 2.80. The molecule has 15 heavy (non-hydrogen) atoms. The van der Waals surface area contributed by atoms with Crippen LogP contribution >= 0.6 is 0 Å². The molecular weight excluding hydrogens is 195 g/mol. The summed E-state index contributed by atoms with van der Waals surface area (Å²) in [5, 5.41) is 2.51. The molecule has 0 saturated heterocycles. The number of hydrogen-bond donors (Lipinski definition) is 2. The number of rotatable bonds is 3. The summed E-state index contributed by atoms with van der Waals surface area (Å²) in [6.07, 6.45) is 0. The fraction of sp³-hybridized carbons (Fsp3) is 0.364. The first-order chi connectivity index (χ1) is 7.04. The van der Waals surface area contributed by atoms with Crippen molar-refractivity contribution in [1.82, 2.24) is 0 Å². The minimum absolute atomic E-state index is 0.209. The van der Waals surface area contributed by atoms with Gasteiger partial charge in [-0.05, 0) is 24.6 Å².